The standard InChI is InChI=1S/C17H25N7O2/c1-23-10-7-18-11-13(23)15-21-16(26-22-15)12-4-8-24(9-5-12)17-19-6-3-14(20-17)25-2/h3,6,12-13,18H,4-5,7-11H2,1-2H3. The number of likely N-dealkylation sites (N-methyl/N-ethyl adjacent to an activating group) is 1. The number of piperidine rings is 1. The van der Waals surface area contributed by atoms with Gasteiger partial charge >= 0.3 is 0 Å². The molecule has 1 unspecified atom stereocenters. The highest BCUT2D eigenvalue weighted by Crippen LogP contribution is 2.30. The Morgan fingerprint density at radius 1 is 1.23 bits per heavy atom. The van der Waals surface area contributed by atoms with Gasteiger partial charge in [-0.2, -0.15) is 9.97 Å². The van der Waals surface area contributed by atoms with Crippen LogP contribution in [0.15, 0.2) is 16.8 Å². The van der Waals surface area contributed by atoms with Crippen molar-refractivity contribution in [1.82, 2.24) is 30.3 Å². The lowest BCUT2D eigenvalue weighted by molar-refractivity contribution is 0.190. The van der Waals surface area contributed by atoms with Crippen LogP contribution in [0.3, 0.4) is 0 Å². The first kappa shape index (κ1) is 17.2. The average molecular weight is 359 g/mol. The molecule has 9 nitrogen and oxygen atoms in total. The molecule has 1 atom stereocenters. The quantitative estimate of drug-likeness (QED) is 0.852. The van der Waals surface area contributed by atoms with Crippen molar-refractivity contribution in [3.63, 3.8) is 0 Å². The number of anilines is 1. The summed E-state index contributed by atoms with van der Waals surface area (Å²) in [6.45, 7) is 4.58. The van der Waals surface area contributed by atoms with Crippen molar-refractivity contribution >= 4 is 5.95 Å². The van der Waals surface area contributed by atoms with E-state index < -0.39 is 0 Å². The number of nitrogens with one attached hydrogen (secondary N) is 1. The maximum Gasteiger partial charge on any atom is 0.229 e. The van der Waals surface area contributed by atoms with Gasteiger partial charge < -0.3 is 19.5 Å². The van der Waals surface area contributed by atoms with Crippen molar-refractivity contribution in [3.05, 3.63) is 24.0 Å². The first-order valence-corrected chi connectivity index (χ1v) is 9.11. The molecule has 2 fully saturated rings. The third-order valence-corrected chi connectivity index (χ3v) is 5.22. The van der Waals surface area contributed by atoms with Crippen molar-refractivity contribution in [1.29, 1.82) is 0 Å². The van der Waals surface area contributed by atoms with Crippen molar-refractivity contribution in [2.75, 3.05) is 51.8 Å². The van der Waals surface area contributed by atoms with Crippen LogP contribution in [0.4, 0.5) is 5.95 Å². The highest BCUT2D eigenvalue weighted by Gasteiger charge is 2.30. The number of ether oxygens (including phenoxy) is 1. The van der Waals surface area contributed by atoms with Gasteiger partial charge in [0.05, 0.1) is 13.2 Å². The Labute approximate surface area is 152 Å². The largest absolute Gasteiger partial charge is 0.481 e. The fraction of sp³-hybridized carbons (Fsp3) is 0.647. The normalized spacial score (nSPS) is 22.5. The lowest BCUT2D eigenvalue weighted by Gasteiger charge is -2.31. The fourth-order valence-corrected chi connectivity index (χ4v) is 3.57. The molecule has 0 amide bonds. The average Bonchev–Trinajstić information content (AvgIpc) is 3.18. The highest BCUT2D eigenvalue weighted by atomic mass is 16.5. The number of nitrogens with zero attached hydrogens (tertiary/aromatic N) is 6. The third-order valence-electron chi connectivity index (χ3n) is 5.22. The minimum absolute atomic E-state index is 0.187. The molecule has 0 aliphatic carbocycles. The predicted molar refractivity (Wildman–Crippen MR) is 95.3 cm³/mol. The first-order chi connectivity index (χ1) is 12.7. The fourth-order valence-electron chi connectivity index (χ4n) is 3.57. The van der Waals surface area contributed by atoms with Gasteiger partial charge in [0, 0.05) is 50.9 Å². The molecule has 2 saturated heterocycles. The number of piperazine rings is 1. The summed E-state index contributed by atoms with van der Waals surface area (Å²) < 4.78 is 10.8. The molecule has 1 N–H and O–H groups in total. The van der Waals surface area contributed by atoms with E-state index in [-0.39, 0.29) is 6.04 Å². The van der Waals surface area contributed by atoms with Crippen LogP contribution in [0.25, 0.3) is 0 Å². The molecule has 26 heavy (non-hydrogen) atoms. The van der Waals surface area contributed by atoms with E-state index in [4.69, 9.17) is 14.2 Å². The van der Waals surface area contributed by atoms with Gasteiger partial charge in [-0.25, -0.2) is 4.98 Å². The number of aromatic nitrogens is 4. The molecule has 4 rings (SSSR count). The summed E-state index contributed by atoms with van der Waals surface area (Å²) in [6.07, 6.45) is 3.62. The van der Waals surface area contributed by atoms with Gasteiger partial charge in [0.1, 0.15) is 0 Å². The summed E-state index contributed by atoms with van der Waals surface area (Å²) in [6, 6.07) is 1.94. The lowest BCUT2D eigenvalue weighted by atomic mass is 9.97. The summed E-state index contributed by atoms with van der Waals surface area (Å²) >= 11 is 0. The molecule has 140 valence electrons. The van der Waals surface area contributed by atoms with E-state index in [2.05, 4.69) is 37.3 Å². The van der Waals surface area contributed by atoms with Crippen LogP contribution in [0.2, 0.25) is 0 Å². The molecular formula is C17H25N7O2. The van der Waals surface area contributed by atoms with E-state index in [1.807, 2.05) is 0 Å². The summed E-state index contributed by atoms with van der Waals surface area (Å²) in [5, 5.41) is 7.63. The third kappa shape index (κ3) is 3.49. The van der Waals surface area contributed by atoms with E-state index in [1.165, 1.54) is 0 Å². The van der Waals surface area contributed by atoms with Crippen molar-refractivity contribution in [2.24, 2.45) is 0 Å². The molecule has 0 radical (unpaired) electrons. The van der Waals surface area contributed by atoms with Gasteiger partial charge in [0.25, 0.3) is 0 Å². The smallest absolute Gasteiger partial charge is 0.229 e. The number of rotatable bonds is 4. The molecule has 0 spiro atoms. The molecule has 2 aromatic heterocycles. The number of hydrogen-bond donors (Lipinski definition) is 1. The van der Waals surface area contributed by atoms with E-state index in [1.54, 1.807) is 19.4 Å². The molecule has 2 aromatic rings. The minimum Gasteiger partial charge on any atom is -0.481 e. The van der Waals surface area contributed by atoms with Gasteiger partial charge in [-0.1, -0.05) is 5.16 Å². The Kier molecular flexibility index (Phi) is 4.98. The Bertz CT molecular complexity index is 729. The summed E-state index contributed by atoms with van der Waals surface area (Å²) in [7, 11) is 3.72. The second-order valence-corrected chi connectivity index (χ2v) is 6.85. The zero-order valence-corrected chi connectivity index (χ0v) is 15.3. The van der Waals surface area contributed by atoms with Gasteiger partial charge in [-0.05, 0) is 19.9 Å². The molecule has 0 bridgehead atoms. The zero-order valence-electron chi connectivity index (χ0n) is 15.3. The molecule has 4 heterocycles. The van der Waals surface area contributed by atoms with Crippen LogP contribution in [0.5, 0.6) is 5.88 Å². The lowest BCUT2D eigenvalue weighted by Crippen LogP contribution is -2.44. The molecule has 2 aliphatic rings. The van der Waals surface area contributed by atoms with Crippen molar-refractivity contribution in [2.45, 2.75) is 24.8 Å². The Hall–Kier alpha value is -2.26. The highest BCUT2D eigenvalue weighted by molar-refractivity contribution is 5.33. The topological polar surface area (TPSA) is 92.4 Å². The Morgan fingerprint density at radius 2 is 2.08 bits per heavy atom. The summed E-state index contributed by atoms with van der Waals surface area (Å²) in [5.41, 5.74) is 0. The van der Waals surface area contributed by atoms with E-state index in [9.17, 15) is 0 Å². The SMILES string of the molecule is COc1ccnc(N2CCC(c3nc(C4CNCCN4C)no3)CC2)n1. The number of methoxy groups -OCH3 is 1. The van der Waals surface area contributed by atoms with Crippen LogP contribution in [-0.4, -0.2) is 71.9 Å². The Morgan fingerprint density at radius 3 is 2.85 bits per heavy atom. The van der Waals surface area contributed by atoms with E-state index in [0.29, 0.717) is 17.7 Å². The van der Waals surface area contributed by atoms with Crippen LogP contribution in [-0.2, 0) is 0 Å². The monoisotopic (exact) mass is 359 g/mol. The summed E-state index contributed by atoms with van der Waals surface area (Å²) in [4.78, 5) is 17.9. The Balaban J connectivity index is 1.39. The molecule has 0 aromatic carbocycles. The summed E-state index contributed by atoms with van der Waals surface area (Å²) in [5.74, 6) is 3.13. The molecule has 2 aliphatic heterocycles. The predicted octanol–water partition coefficient (Wildman–Crippen LogP) is 0.828. The van der Waals surface area contributed by atoms with Crippen molar-refractivity contribution in [3.8, 4) is 5.88 Å². The maximum absolute atomic E-state index is 5.60. The second-order valence-electron chi connectivity index (χ2n) is 6.85. The van der Waals surface area contributed by atoms with Crippen LogP contribution >= 0.6 is 0 Å². The zero-order chi connectivity index (χ0) is 17.9. The minimum atomic E-state index is 0.187. The molecule has 0 saturated carbocycles. The van der Waals surface area contributed by atoms with Crippen LogP contribution < -0.4 is 15.0 Å². The maximum atomic E-state index is 5.60. The first-order valence-electron chi connectivity index (χ1n) is 9.11. The van der Waals surface area contributed by atoms with Gasteiger partial charge in [-0.3, -0.25) is 4.90 Å². The number of hydrogen-bond acceptors (Lipinski definition) is 9. The van der Waals surface area contributed by atoms with Crippen LogP contribution in [0, 0.1) is 0 Å². The van der Waals surface area contributed by atoms with Gasteiger partial charge in [0.2, 0.25) is 17.7 Å². The van der Waals surface area contributed by atoms with E-state index in [0.717, 1.165) is 57.3 Å². The van der Waals surface area contributed by atoms with Crippen molar-refractivity contribution < 1.29 is 9.26 Å². The molecular weight excluding hydrogens is 334 g/mol. The molecule has 9 heteroatoms. The van der Waals surface area contributed by atoms with Gasteiger partial charge in [-0.15, -0.1) is 0 Å². The van der Waals surface area contributed by atoms with Crippen LogP contribution in [0.1, 0.15) is 36.5 Å². The van der Waals surface area contributed by atoms with E-state index >= 15 is 0 Å². The van der Waals surface area contributed by atoms with Gasteiger partial charge in [0.15, 0.2) is 5.82 Å². The second kappa shape index (κ2) is 7.55.